The smallest absolute Gasteiger partial charge is 0.166 e. The van der Waals surface area contributed by atoms with Gasteiger partial charge in [-0.3, -0.25) is 0 Å². The van der Waals surface area contributed by atoms with Gasteiger partial charge >= 0.3 is 0 Å². The van der Waals surface area contributed by atoms with E-state index in [1.807, 2.05) is 0 Å². The molecule has 2 N–H and O–H groups in total. The second kappa shape index (κ2) is 15.5. The number of rotatable bonds is 17. The fourth-order valence-corrected chi connectivity index (χ4v) is 3.32. The molecule has 0 aliphatic rings. The number of hydrogen-bond acceptors (Lipinski definition) is 7. The van der Waals surface area contributed by atoms with Gasteiger partial charge in [0.05, 0.1) is 12.2 Å². The molecular formula is C24H37N3O4. The average Bonchev–Trinajstić information content (AvgIpc) is 2.79. The fourth-order valence-electron chi connectivity index (χ4n) is 3.32. The number of aromatic hydroxyl groups is 1. The summed E-state index contributed by atoms with van der Waals surface area (Å²) in [5.74, 6) is 0.860. The van der Waals surface area contributed by atoms with Crippen molar-refractivity contribution in [3.05, 3.63) is 30.9 Å². The van der Waals surface area contributed by atoms with Gasteiger partial charge in [-0.1, -0.05) is 64.7 Å². The Hall–Kier alpha value is -2.25. The number of benzene rings is 1. The van der Waals surface area contributed by atoms with Crippen molar-refractivity contribution in [2.75, 3.05) is 19.8 Å². The van der Waals surface area contributed by atoms with Crippen LogP contribution in [0.15, 0.2) is 30.9 Å². The molecule has 31 heavy (non-hydrogen) atoms. The predicted molar refractivity (Wildman–Crippen MR) is 121 cm³/mol. The first-order valence-electron chi connectivity index (χ1n) is 11.5. The molecule has 0 amide bonds. The lowest BCUT2D eigenvalue weighted by atomic mass is 10.1. The molecule has 0 fully saturated rings. The van der Waals surface area contributed by atoms with Crippen molar-refractivity contribution in [3.63, 3.8) is 0 Å². The number of aliphatic hydroxyl groups excluding tert-OH is 1. The summed E-state index contributed by atoms with van der Waals surface area (Å²) in [6.45, 7) is 3.25. The van der Waals surface area contributed by atoms with Crippen molar-refractivity contribution in [2.45, 2.75) is 77.2 Å². The Bertz CT molecular complexity index is 715. The predicted octanol–water partition coefficient (Wildman–Crippen LogP) is 4.92. The maximum Gasteiger partial charge on any atom is 0.166 e. The van der Waals surface area contributed by atoms with E-state index in [-0.39, 0.29) is 19.0 Å². The van der Waals surface area contributed by atoms with Crippen molar-refractivity contribution in [1.82, 2.24) is 15.0 Å². The molecular weight excluding hydrogens is 394 g/mol. The third-order valence-corrected chi connectivity index (χ3v) is 5.10. The van der Waals surface area contributed by atoms with E-state index in [0.717, 1.165) is 6.42 Å². The van der Waals surface area contributed by atoms with E-state index in [2.05, 4.69) is 21.9 Å². The quantitative estimate of drug-likeness (QED) is 0.343. The molecule has 0 radical (unpaired) electrons. The Balaban J connectivity index is 1.51. The van der Waals surface area contributed by atoms with Crippen molar-refractivity contribution in [2.24, 2.45) is 0 Å². The van der Waals surface area contributed by atoms with Gasteiger partial charge in [0.25, 0.3) is 0 Å². The molecule has 0 saturated carbocycles. The van der Waals surface area contributed by atoms with E-state index < -0.39 is 6.10 Å². The summed E-state index contributed by atoms with van der Waals surface area (Å²) in [6, 6.07) is 4.86. The summed E-state index contributed by atoms with van der Waals surface area (Å²) < 4.78 is 11.1. The van der Waals surface area contributed by atoms with Crippen molar-refractivity contribution < 1.29 is 19.7 Å². The van der Waals surface area contributed by atoms with Gasteiger partial charge in [0, 0.05) is 12.7 Å². The third-order valence-electron chi connectivity index (χ3n) is 5.10. The monoisotopic (exact) mass is 431 g/mol. The van der Waals surface area contributed by atoms with Gasteiger partial charge in [0.15, 0.2) is 5.82 Å². The molecule has 7 heteroatoms. The summed E-state index contributed by atoms with van der Waals surface area (Å²) in [5.41, 5.74) is 0.495. The Kier molecular flexibility index (Phi) is 12.5. The minimum atomic E-state index is -0.714. The Labute approximate surface area is 185 Å². The summed E-state index contributed by atoms with van der Waals surface area (Å²) >= 11 is 0. The average molecular weight is 432 g/mol. The molecule has 0 spiro atoms. The van der Waals surface area contributed by atoms with E-state index in [1.54, 1.807) is 12.1 Å². The molecule has 1 unspecified atom stereocenters. The van der Waals surface area contributed by atoms with E-state index in [4.69, 9.17) is 9.47 Å². The first-order chi connectivity index (χ1) is 15.2. The van der Waals surface area contributed by atoms with Gasteiger partial charge in [-0.25, -0.2) is 15.0 Å². The molecule has 2 rings (SSSR count). The van der Waals surface area contributed by atoms with Crippen LogP contribution in [0.1, 0.15) is 71.1 Å². The van der Waals surface area contributed by atoms with Crippen molar-refractivity contribution >= 4 is 0 Å². The molecule has 172 valence electrons. The Morgan fingerprint density at radius 1 is 0.871 bits per heavy atom. The number of aliphatic hydroxyl groups is 1. The summed E-state index contributed by atoms with van der Waals surface area (Å²) in [7, 11) is 0. The van der Waals surface area contributed by atoms with Gasteiger partial charge in [-0.15, -0.1) is 0 Å². The van der Waals surface area contributed by atoms with Gasteiger partial charge in [0.2, 0.25) is 0 Å². The zero-order valence-corrected chi connectivity index (χ0v) is 18.7. The van der Waals surface area contributed by atoms with E-state index >= 15 is 0 Å². The lowest BCUT2D eigenvalue weighted by molar-refractivity contribution is 0.0109. The number of hydrogen-bond donors (Lipinski definition) is 2. The molecule has 0 saturated heterocycles. The number of aromatic nitrogens is 3. The lowest BCUT2D eigenvalue weighted by Gasteiger charge is -2.13. The van der Waals surface area contributed by atoms with Crippen LogP contribution < -0.4 is 4.74 Å². The van der Waals surface area contributed by atoms with Crippen LogP contribution in [0.3, 0.4) is 0 Å². The highest BCUT2D eigenvalue weighted by atomic mass is 16.5. The molecule has 2 aromatic rings. The van der Waals surface area contributed by atoms with Crippen LogP contribution >= 0.6 is 0 Å². The molecule has 1 aromatic carbocycles. The molecule has 1 aromatic heterocycles. The molecule has 1 atom stereocenters. The van der Waals surface area contributed by atoms with Crippen molar-refractivity contribution in [1.29, 1.82) is 0 Å². The van der Waals surface area contributed by atoms with Crippen LogP contribution in [0.4, 0.5) is 0 Å². The van der Waals surface area contributed by atoms with Gasteiger partial charge in [-0.2, -0.15) is 0 Å². The highest BCUT2D eigenvalue weighted by Gasteiger charge is 2.10. The number of phenols is 1. The van der Waals surface area contributed by atoms with Crippen LogP contribution in [0.25, 0.3) is 11.4 Å². The highest BCUT2D eigenvalue weighted by molar-refractivity contribution is 5.64. The number of phenolic OH excluding ortho intramolecular Hbond substituents is 1. The van der Waals surface area contributed by atoms with E-state index in [0.29, 0.717) is 23.7 Å². The first kappa shape index (κ1) is 25.0. The largest absolute Gasteiger partial charge is 0.507 e. The van der Waals surface area contributed by atoms with Crippen LogP contribution in [-0.2, 0) is 4.74 Å². The molecule has 0 bridgehead atoms. The third kappa shape index (κ3) is 10.6. The standard InChI is InChI=1S/C24H37N3O4/c1-2-3-4-5-6-7-8-9-10-11-14-30-16-20(28)17-31-21-12-13-22(23(29)15-21)24-26-18-25-19-27-24/h12-13,15,18-20,28-29H,2-11,14,16-17H2,1H3. The fraction of sp³-hybridized carbons (Fsp3) is 0.625. The minimum absolute atomic E-state index is 0.00963. The summed E-state index contributed by atoms with van der Waals surface area (Å²) in [5, 5.41) is 20.2. The zero-order valence-electron chi connectivity index (χ0n) is 18.7. The highest BCUT2D eigenvalue weighted by Crippen LogP contribution is 2.29. The topological polar surface area (TPSA) is 97.6 Å². The Morgan fingerprint density at radius 3 is 2.16 bits per heavy atom. The minimum Gasteiger partial charge on any atom is -0.507 e. The molecule has 1 heterocycles. The SMILES string of the molecule is CCCCCCCCCCCCOCC(O)COc1ccc(-c2ncncn2)c(O)c1. The number of ether oxygens (including phenoxy) is 2. The summed E-state index contributed by atoms with van der Waals surface area (Å²) in [6.07, 6.45) is 14.9. The van der Waals surface area contributed by atoms with Crippen molar-refractivity contribution in [3.8, 4) is 22.9 Å². The molecule has 0 aliphatic carbocycles. The zero-order chi connectivity index (χ0) is 22.2. The maximum atomic E-state index is 10.2. The normalized spacial score (nSPS) is 12.1. The van der Waals surface area contributed by atoms with Crippen LogP contribution in [-0.4, -0.2) is 51.1 Å². The van der Waals surface area contributed by atoms with E-state index in [9.17, 15) is 10.2 Å². The Morgan fingerprint density at radius 2 is 1.52 bits per heavy atom. The van der Waals surface area contributed by atoms with Gasteiger partial charge < -0.3 is 19.7 Å². The van der Waals surface area contributed by atoms with Gasteiger partial charge in [0.1, 0.15) is 36.9 Å². The van der Waals surface area contributed by atoms with Gasteiger partial charge in [-0.05, 0) is 18.6 Å². The van der Waals surface area contributed by atoms with E-state index in [1.165, 1.54) is 76.5 Å². The number of unbranched alkanes of at least 4 members (excludes halogenated alkanes) is 9. The maximum absolute atomic E-state index is 10.2. The number of nitrogens with zero attached hydrogens (tertiary/aromatic N) is 3. The second-order valence-electron chi connectivity index (χ2n) is 7.86. The lowest BCUT2D eigenvalue weighted by Crippen LogP contribution is -2.23. The first-order valence-corrected chi connectivity index (χ1v) is 11.5. The van der Waals surface area contributed by atoms with Crippen LogP contribution in [0.5, 0.6) is 11.5 Å². The second-order valence-corrected chi connectivity index (χ2v) is 7.86. The van der Waals surface area contributed by atoms with Crippen LogP contribution in [0, 0.1) is 0 Å². The summed E-state index contributed by atoms with van der Waals surface area (Å²) in [4.78, 5) is 11.8. The molecule has 0 aliphatic heterocycles. The van der Waals surface area contributed by atoms with Crippen LogP contribution in [0.2, 0.25) is 0 Å². The molecule has 7 nitrogen and oxygen atoms in total.